The van der Waals surface area contributed by atoms with Crippen molar-refractivity contribution in [2.45, 2.75) is 19.8 Å². The van der Waals surface area contributed by atoms with E-state index in [-0.39, 0.29) is 12.4 Å². The Morgan fingerprint density at radius 3 is 2.47 bits per heavy atom. The lowest BCUT2D eigenvalue weighted by Gasteiger charge is -2.30. The molecule has 4 heteroatoms. The van der Waals surface area contributed by atoms with Gasteiger partial charge in [-0.3, -0.25) is 4.79 Å². The number of carbonyl (C=O) groups is 2. The summed E-state index contributed by atoms with van der Waals surface area (Å²) in [5, 5.41) is 5.43. The van der Waals surface area contributed by atoms with Crippen molar-refractivity contribution < 1.29 is 14.3 Å². The van der Waals surface area contributed by atoms with Gasteiger partial charge in [0.2, 0.25) is 0 Å². The number of hydrogen-bond acceptors (Lipinski definition) is 4. The summed E-state index contributed by atoms with van der Waals surface area (Å²) < 4.78 is 5.41. The Morgan fingerprint density at radius 2 is 1.67 bits per heavy atom. The average molecular weight is 395 g/mol. The molecule has 1 N–H and O–H groups in total. The first-order valence-corrected chi connectivity index (χ1v) is 10.1. The number of esters is 1. The first-order valence-electron chi connectivity index (χ1n) is 10.1. The second-order valence-corrected chi connectivity index (χ2v) is 7.55. The van der Waals surface area contributed by atoms with Crippen LogP contribution in [0.1, 0.15) is 41.3 Å². The lowest BCUT2D eigenvalue weighted by molar-refractivity contribution is -0.138. The fraction of sp³-hybridized carbons (Fsp3) is 0.154. The third kappa shape index (κ3) is 2.61. The highest BCUT2D eigenvalue weighted by molar-refractivity contribution is 6.23. The van der Waals surface area contributed by atoms with E-state index in [1.165, 1.54) is 0 Å². The molecule has 0 amide bonds. The van der Waals surface area contributed by atoms with E-state index in [1.807, 2.05) is 73.7 Å². The molecule has 1 aliphatic carbocycles. The smallest absolute Gasteiger partial charge is 0.336 e. The Labute approximate surface area is 174 Å². The Hall–Kier alpha value is -3.66. The minimum absolute atomic E-state index is 0.0414. The Morgan fingerprint density at radius 1 is 0.967 bits per heavy atom. The van der Waals surface area contributed by atoms with Gasteiger partial charge in [-0.15, -0.1) is 0 Å². The summed E-state index contributed by atoms with van der Waals surface area (Å²) in [5.74, 6) is -0.928. The number of rotatable bonds is 3. The first-order chi connectivity index (χ1) is 14.6. The maximum Gasteiger partial charge on any atom is 0.336 e. The molecule has 0 radical (unpaired) electrons. The van der Waals surface area contributed by atoms with Gasteiger partial charge in [-0.1, -0.05) is 66.7 Å². The predicted octanol–water partition coefficient (Wildman–Crippen LogP) is 4.97. The summed E-state index contributed by atoms with van der Waals surface area (Å²) in [6, 6.07) is 21.7. The van der Waals surface area contributed by atoms with Gasteiger partial charge in [0.05, 0.1) is 17.9 Å². The van der Waals surface area contributed by atoms with E-state index >= 15 is 0 Å². The van der Waals surface area contributed by atoms with Gasteiger partial charge < -0.3 is 10.1 Å². The molecule has 0 fully saturated rings. The zero-order valence-corrected chi connectivity index (χ0v) is 16.9. The molecular weight excluding hydrogens is 374 g/mol. The molecule has 30 heavy (non-hydrogen) atoms. The quantitative estimate of drug-likeness (QED) is 0.636. The third-order valence-corrected chi connectivity index (χ3v) is 5.88. The van der Waals surface area contributed by atoms with Crippen LogP contribution in [0.2, 0.25) is 0 Å². The minimum Gasteiger partial charge on any atom is -0.463 e. The predicted molar refractivity (Wildman–Crippen MR) is 117 cm³/mol. The van der Waals surface area contributed by atoms with E-state index in [0.29, 0.717) is 16.7 Å². The molecule has 3 aromatic carbocycles. The lowest BCUT2D eigenvalue weighted by Crippen LogP contribution is -2.29. The number of ether oxygens (including phenoxy) is 1. The van der Waals surface area contributed by atoms with Crippen LogP contribution in [0.4, 0.5) is 0 Å². The van der Waals surface area contributed by atoms with Crippen molar-refractivity contribution in [3.63, 3.8) is 0 Å². The Balaban J connectivity index is 1.80. The van der Waals surface area contributed by atoms with Gasteiger partial charge in [-0.25, -0.2) is 4.79 Å². The van der Waals surface area contributed by atoms with Crippen LogP contribution in [-0.4, -0.2) is 18.4 Å². The highest BCUT2D eigenvalue weighted by Gasteiger charge is 2.43. The zero-order valence-electron chi connectivity index (χ0n) is 16.9. The molecule has 0 spiro atoms. The van der Waals surface area contributed by atoms with Crippen molar-refractivity contribution in [1.29, 1.82) is 0 Å². The number of fused-ring (bicyclic) bond motifs is 3. The zero-order chi connectivity index (χ0) is 20.8. The molecule has 1 heterocycles. The summed E-state index contributed by atoms with van der Waals surface area (Å²) >= 11 is 0. The highest BCUT2D eigenvalue weighted by Crippen LogP contribution is 2.48. The van der Waals surface area contributed by atoms with Crippen molar-refractivity contribution in [3.8, 4) is 0 Å². The third-order valence-electron chi connectivity index (χ3n) is 5.88. The van der Waals surface area contributed by atoms with E-state index in [9.17, 15) is 9.59 Å². The number of nitrogens with one attached hydrogen (secondary N) is 1. The second kappa shape index (κ2) is 6.99. The number of allylic oxidation sites excluding steroid dienone is 2. The summed E-state index contributed by atoms with van der Waals surface area (Å²) in [6.45, 7) is 3.94. The number of hydrogen-bond donors (Lipinski definition) is 1. The van der Waals surface area contributed by atoms with Gasteiger partial charge in [0.25, 0.3) is 0 Å². The van der Waals surface area contributed by atoms with E-state index < -0.39 is 11.9 Å². The summed E-state index contributed by atoms with van der Waals surface area (Å²) in [6.07, 6.45) is 0. The van der Waals surface area contributed by atoms with Crippen molar-refractivity contribution in [2.75, 3.05) is 6.61 Å². The Bertz CT molecular complexity index is 1280. The lowest BCUT2D eigenvalue weighted by atomic mass is 9.78. The van der Waals surface area contributed by atoms with Crippen LogP contribution in [0, 0.1) is 0 Å². The summed E-state index contributed by atoms with van der Waals surface area (Å²) in [5.41, 5.74) is 5.09. The normalized spacial score (nSPS) is 17.7. The molecule has 148 valence electrons. The molecular formula is C26H21NO3. The van der Waals surface area contributed by atoms with Crippen LogP contribution in [0.5, 0.6) is 0 Å². The second-order valence-electron chi connectivity index (χ2n) is 7.55. The van der Waals surface area contributed by atoms with E-state index in [2.05, 4.69) is 5.32 Å². The fourth-order valence-electron chi connectivity index (χ4n) is 4.62. The van der Waals surface area contributed by atoms with Crippen LogP contribution >= 0.6 is 0 Å². The number of benzene rings is 3. The van der Waals surface area contributed by atoms with Gasteiger partial charge in [0.15, 0.2) is 5.78 Å². The van der Waals surface area contributed by atoms with E-state index in [0.717, 1.165) is 33.3 Å². The SMILES string of the molecule is CCOC(=O)C1=C(C)NC2=C(C(=O)c3ccccc32)[C@@H]1c1cccc2ccccc12. The molecule has 4 nitrogen and oxygen atoms in total. The Kier molecular flexibility index (Phi) is 4.28. The number of carbonyl (C=O) groups excluding carboxylic acids is 2. The topological polar surface area (TPSA) is 55.4 Å². The molecule has 5 rings (SSSR count). The standard InChI is InChI=1S/C26H21NO3/c1-3-30-26(29)21-15(2)27-24-19-12-6-7-13-20(19)25(28)23(24)22(21)18-14-8-10-16-9-4-5-11-17(16)18/h4-14,22,27H,3H2,1-2H3/t22-/m1/s1. The van der Waals surface area contributed by atoms with Crippen molar-refractivity contribution in [1.82, 2.24) is 5.32 Å². The van der Waals surface area contributed by atoms with E-state index in [1.54, 1.807) is 6.92 Å². The first kappa shape index (κ1) is 18.4. The summed E-state index contributed by atoms with van der Waals surface area (Å²) in [4.78, 5) is 26.6. The van der Waals surface area contributed by atoms with Gasteiger partial charge in [-0.2, -0.15) is 0 Å². The van der Waals surface area contributed by atoms with Crippen LogP contribution in [0.3, 0.4) is 0 Å². The van der Waals surface area contributed by atoms with Crippen molar-refractivity contribution in [2.24, 2.45) is 0 Å². The maximum absolute atomic E-state index is 13.5. The largest absolute Gasteiger partial charge is 0.463 e. The molecule has 0 saturated carbocycles. The van der Waals surface area contributed by atoms with Gasteiger partial charge in [0.1, 0.15) is 0 Å². The molecule has 1 aliphatic heterocycles. The van der Waals surface area contributed by atoms with Gasteiger partial charge in [-0.05, 0) is 30.2 Å². The molecule has 0 saturated heterocycles. The fourth-order valence-corrected chi connectivity index (χ4v) is 4.62. The average Bonchev–Trinajstić information content (AvgIpc) is 3.04. The van der Waals surface area contributed by atoms with Gasteiger partial charge in [0, 0.05) is 28.3 Å². The molecule has 3 aromatic rings. The highest BCUT2D eigenvalue weighted by atomic mass is 16.5. The summed E-state index contributed by atoms with van der Waals surface area (Å²) in [7, 11) is 0. The van der Waals surface area contributed by atoms with E-state index in [4.69, 9.17) is 4.74 Å². The maximum atomic E-state index is 13.5. The van der Waals surface area contributed by atoms with Crippen LogP contribution in [0.15, 0.2) is 83.6 Å². The monoisotopic (exact) mass is 395 g/mol. The van der Waals surface area contributed by atoms with Gasteiger partial charge >= 0.3 is 5.97 Å². The molecule has 1 atom stereocenters. The van der Waals surface area contributed by atoms with Crippen molar-refractivity contribution in [3.05, 3.63) is 100 Å². The molecule has 0 bridgehead atoms. The van der Waals surface area contributed by atoms with Crippen LogP contribution < -0.4 is 5.32 Å². The molecule has 0 aromatic heterocycles. The van der Waals surface area contributed by atoms with Crippen LogP contribution in [-0.2, 0) is 9.53 Å². The number of dihydropyridines is 1. The van der Waals surface area contributed by atoms with Crippen molar-refractivity contribution >= 4 is 28.2 Å². The number of Topliss-reactive ketones (excluding diaryl/α,β-unsaturated/α-hetero) is 1. The molecule has 0 unspecified atom stereocenters. The minimum atomic E-state index is -0.494. The number of ketones is 1. The van der Waals surface area contributed by atoms with Crippen LogP contribution in [0.25, 0.3) is 16.5 Å². The molecule has 2 aliphatic rings.